The number of nitrogens with zero attached hydrogens (tertiary/aromatic N) is 1. The summed E-state index contributed by atoms with van der Waals surface area (Å²) < 4.78 is 0. The van der Waals surface area contributed by atoms with Crippen molar-refractivity contribution in [3.05, 3.63) is 39.9 Å². The molecule has 1 aliphatic rings. The fourth-order valence-corrected chi connectivity index (χ4v) is 2.49. The summed E-state index contributed by atoms with van der Waals surface area (Å²) in [6.07, 6.45) is 5.13. The highest BCUT2D eigenvalue weighted by atomic mass is 35.5. The van der Waals surface area contributed by atoms with Crippen molar-refractivity contribution in [1.29, 1.82) is 0 Å². The molecule has 2 rings (SSSR count). The zero-order valence-corrected chi connectivity index (χ0v) is 10.4. The molecule has 0 amide bonds. The second-order valence-electron chi connectivity index (χ2n) is 4.63. The molecule has 1 aliphatic carbocycles. The zero-order valence-electron chi connectivity index (χ0n) is 9.64. The van der Waals surface area contributed by atoms with E-state index in [9.17, 15) is 10.1 Å². The van der Waals surface area contributed by atoms with Crippen LogP contribution in [0.1, 0.15) is 31.2 Å². The van der Waals surface area contributed by atoms with Gasteiger partial charge in [0.1, 0.15) is 0 Å². The third-order valence-corrected chi connectivity index (χ3v) is 3.82. The van der Waals surface area contributed by atoms with E-state index >= 15 is 0 Å². The molecule has 17 heavy (non-hydrogen) atoms. The molecule has 0 N–H and O–H groups in total. The van der Waals surface area contributed by atoms with E-state index in [0.29, 0.717) is 5.92 Å². The van der Waals surface area contributed by atoms with Gasteiger partial charge in [-0.2, -0.15) is 0 Å². The summed E-state index contributed by atoms with van der Waals surface area (Å²) in [4.78, 5) is 10.5. The Bertz CT molecular complexity index is 404. The molecule has 92 valence electrons. The predicted molar refractivity (Wildman–Crippen MR) is 68.4 cm³/mol. The molecule has 0 aliphatic heterocycles. The maximum Gasteiger partial charge on any atom is 0.272 e. The molecule has 1 aromatic rings. The first-order valence-corrected chi connectivity index (χ1v) is 6.48. The van der Waals surface area contributed by atoms with Crippen LogP contribution in [0.15, 0.2) is 24.3 Å². The summed E-state index contributed by atoms with van der Waals surface area (Å²) >= 11 is 6.21. The smallest absolute Gasteiger partial charge is 0.258 e. The number of halogens is 1. The minimum Gasteiger partial charge on any atom is -0.258 e. The van der Waals surface area contributed by atoms with Gasteiger partial charge >= 0.3 is 0 Å². The maximum absolute atomic E-state index is 10.8. The average molecular weight is 254 g/mol. The molecule has 0 spiro atoms. The minimum absolute atomic E-state index is 0.227. The number of hydrogen-bond donors (Lipinski definition) is 0. The number of nitro groups is 1. The summed E-state index contributed by atoms with van der Waals surface area (Å²) in [6.45, 7) is 0. The highest BCUT2D eigenvalue weighted by Gasteiger charge is 2.29. The lowest BCUT2D eigenvalue weighted by Crippen LogP contribution is -2.02. The highest BCUT2D eigenvalue weighted by molar-refractivity contribution is 6.20. The lowest BCUT2D eigenvalue weighted by Gasteiger charge is -2.07. The standard InChI is InChI=1S/C13H16ClNO2/c14-12(10-8-9-10)6-3-5-11-4-1-2-7-13(11)15(16)17/h1-2,4,7,10,12H,3,5-6,8-9H2. The molecular formula is C13H16ClNO2. The number of benzene rings is 1. The summed E-state index contributed by atoms with van der Waals surface area (Å²) in [7, 11) is 0. The van der Waals surface area contributed by atoms with Crippen LogP contribution in [-0.2, 0) is 6.42 Å². The molecule has 1 unspecified atom stereocenters. The fourth-order valence-electron chi connectivity index (χ4n) is 2.08. The van der Waals surface area contributed by atoms with Crippen LogP contribution in [0.4, 0.5) is 5.69 Å². The zero-order chi connectivity index (χ0) is 12.3. The molecule has 4 heteroatoms. The average Bonchev–Trinajstić information content (AvgIpc) is 3.13. The van der Waals surface area contributed by atoms with Crippen LogP contribution in [0.3, 0.4) is 0 Å². The van der Waals surface area contributed by atoms with Crippen LogP contribution in [-0.4, -0.2) is 10.3 Å². The van der Waals surface area contributed by atoms with E-state index in [2.05, 4.69) is 0 Å². The highest BCUT2D eigenvalue weighted by Crippen LogP contribution is 2.37. The Kier molecular flexibility index (Phi) is 4.00. The lowest BCUT2D eigenvalue weighted by atomic mass is 10.0. The van der Waals surface area contributed by atoms with Gasteiger partial charge in [-0.1, -0.05) is 18.2 Å². The van der Waals surface area contributed by atoms with Gasteiger partial charge in [0.25, 0.3) is 5.69 Å². The second kappa shape index (κ2) is 5.50. The number of alkyl halides is 1. The quantitative estimate of drug-likeness (QED) is 0.438. The first-order valence-electron chi connectivity index (χ1n) is 6.05. The van der Waals surface area contributed by atoms with E-state index in [0.717, 1.165) is 24.8 Å². The number of hydrogen-bond acceptors (Lipinski definition) is 2. The molecule has 1 saturated carbocycles. The van der Waals surface area contributed by atoms with Crippen molar-refractivity contribution >= 4 is 17.3 Å². The number of aryl methyl sites for hydroxylation is 1. The number of para-hydroxylation sites is 1. The van der Waals surface area contributed by atoms with E-state index < -0.39 is 0 Å². The van der Waals surface area contributed by atoms with E-state index in [1.165, 1.54) is 12.8 Å². The van der Waals surface area contributed by atoms with Gasteiger partial charge in [-0.15, -0.1) is 11.6 Å². The van der Waals surface area contributed by atoms with Crippen molar-refractivity contribution in [3.8, 4) is 0 Å². The van der Waals surface area contributed by atoms with E-state index in [1.807, 2.05) is 12.1 Å². The van der Waals surface area contributed by atoms with Crippen molar-refractivity contribution in [1.82, 2.24) is 0 Å². The first-order chi connectivity index (χ1) is 8.18. The number of nitro benzene ring substituents is 1. The Labute approximate surface area is 106 Å². The van der Waals surface area contributed by atoms with Gasteiger partial charge in [-0.05, 0) is 38.0 Å². The van der Waals surface area contributed by atoms with Crippen LogP contribution >= 0.6 is 11.6 Å². The molecule has 1 aromatic carbocycles. The molecule has 1 atom stereocenters. The van der Waals surface area contributed by atoms with Crippen molar-refractivity contribution in [2.75, 3.05) is 0 Å². The molecule has 1 fully saturated rings. The third kappa shape index (κ3) is 3.43. The topological polar surface area (TPSA) is 43.1 Å². The van der Waals surface area contributed by atoms with Crippen molar-refractivity contribution < 1.29 is 4.92 Å². The number of rotatable bonds is 6. The van der Waals surface area contributed by atoms with Gasteiger partial charge in [-0.3, -0.25) is 10.1 Å². The summed E-state index contributed by atoms with van der Waals surface area (Å²) in [5.74, 6) is 0.697. The van der Waals surface area contributed by atoms with Gasteiger partial charge in [0.05, 0.1) is 4.92 Å². The van der Waals surface area contributed by atoms with Crippen molar-refractivity contribution in [3.63, 3.8) is 0 Å². The fraction of sp³-hybridized carbons (Fsp3) is 0.538. The molecule has 0 radical (unpaired) electrons. The largest absolute Gasteiger partial charge is 0.272 e. The van der Waals surface area contributed by atoms with Gasteiger partial charge < -0.3 is 0 Å². The van der Waals surface area contributed by atoms with Crippen LogP contribution in [0.2, 0.25) is 0 Å². The van der Waals surface area contributed by atoms with Crippen LogP contribution in [0.25, 0.3) is 0 Å². The first kappa shape index (κ1) is 12.4. The molecule has 0 bridgehead atoms. The van der Waals surface area contributed by atoms with Crippen molar-refractivity contribution in [2.45, 2.75) is 37.5 Å². The summed E-state index contributed by atoms with van der Waals surface area (Å²) in [5.41, 5.74) is 1.04. The van der Waals surface area contributed by atoms with Crippen LogP contribution in [0, 0.1) is 16.0 Å². The third-order valence-electron chi connectivity index (χ3n) is 3.25. The Morgan fingerprint density at radius 3 is 2.76 bits per heavy atom. The van der Waals surface area contributed by atoms with Gasteiger partial charge in [-0.25, -0.2) is 0 Å². The van der Waals surface area contributed by atoms with Crippen LogP contribution in [0.5, 0.6) is 0 Å². The molecule has 3 nitrogen and oxygen atoms in total. The maximum atomic E-state index is 10.8. The monoisotopic (exact) mass is 253 g/mol. The summed E-state index contributed by atoms with van der Waals surface area (Å²) in [6, 6.07) is 6.95. The van der Waals surface area contributed by atoms with E-state index in [-0.39, 0.29) is 16.0 Å². The van der Waals surface area contributed by atoms with Crippen LogP contribution < -0.4 is 0 Å². The van der Waals surface area contributed by atoms with Crippen molar-refractivity contribution in [2.24, 2.45) is 5.92 Å². The Morgan fingerprint density at radius 2 is 2.12 bits per heavy atom. The predicted octanol–water partition coefficient (Wildman–Crippen LogP) is 3.93. The molecule has 0 saturated heterocycles. The van der Waals surface area contributed by atoms with E-state index in [1.54, 1.807) is 12.1 Å². The molecule has 0 heterocycles. The SMILES string of the molecule is O=[N+]([O-])c1ccccc1CCCC(Cl)C1CC1. The summed E-state index contributed by atoms with van der Waals surface area (Å²) in [5, 5.41) is 11.1. The Morgan fingerprint density at radius 1 is 1.41 bits per heavy atom. The lowest BCUT2D eigenvalue weighted by molar-refractivity contribution is -0.385. The minimum atomic E-state index is -0.311. The van der Waals surface area contributed by atoms with Gasteiger partial charge in [0.2, 0.25) is 0 Å². The van der Waals surface area contributed by atoms with Gasteiger partial charge in [0, 0.05) is 17.0 Å². The molecular weight excluding hydrogens is 238 g/mol. The van der Waals surface area contributed by atoms with E-state index in [4.69, 9.17) is 11.6 Å². The Balaban J connectivity index is 1.87. The normalized spacial score (nSPS) is 16.8. The second-order valence-corrected chi connectivity index (χ2v) is 5.19. The van der Waals surface area contributed by atoms with Gasteiger partial charge in [0.15, 0.2) is 0 Å². The molecule has 0 aromatic heterocycles. The Hall–Kier alpha value is -1.09.